The van der Waals surface area contributed by atoms with Crippen LogP contribution in [0.25, 0.3) is 0 Å². The van der Waals surface area contributed by atoms with Crippen LogP contribution in [-0.4, -0.2) is 54.1 Å². The number of nitrogens with zero attached hydrogens (tertiary/aromatic N) is 1. The average Bonchev–Trinajstić information content (AvgIpc) is 2.48. The lowest BCUT2D eigenvalue weighted by atomic mass is 9.83. The molecule has 0 bridgehead atoms. The van der Waals surface area contributed by atoms with Crippen LogP contribution in [-0.2, 0) is 15.0 Å². The molecule has 0 aromatic heterocycles. The van der Waals surface area contributed by atoms with Gasteiger partial charge in [-0.1, -0.05) is 19.3 Å². The van der Waals surface area contributed by atoms with Crippen molar-refractivity contribution in [2.24, 2.45) is 5.92 Å². The molecule has 8 heteroatoms. The van der Waals surface area contributed by atoms with Gasteiger partial charge in [0.15, 0.2) is 0 Å². The summed E-state index contributed by atoms with van der Waals surface area (Å²) in [7, 11) is -3.67. The number of aliphatic carboxylic acids is 1. The van der Waals surface area contributed by atoms with Crippen LogP contribution in [0.2, 0.25) is 0 Å². The summed E-state index contributed by atoms with van der Waals surface area (Å²) >= 11 is 0. The molecule has 0 atom stereocenters. The first kappa shape index (κ1) is 16.7. The van der Waals surface area contributed by atoms with E-state index in [1.807, 2.05) is 0 Å². The summed E-state index contributed by atoms with van der Waals surface area (Å²) < 4.78 is 28.9. The van der Waals surface area contributed by atoms with Gasteiger partial charge in [-0.05, 0) is 25.7 Å². The highest BCUT2D eigenvalue weighted by molar-refractivity contribution is 7.87. The molecule has 2 rings (SSSR count). The van der Waals surface area contributed by atoms with E-state index in [1.54, 1.807) is 0 Å². The predicted octanol–water partition coefficient (Wildman–Crippen LogP) is 0.313. The molecule has 7 nitrogen and oxygen atoms in total. The third kappa shape index (κ3) is 3.94. The number of nitrogens with one attached hydrogen (secondary N) is 1. The van der Waals surface area contributed by atoms with Gasteiger partial charge in [0.05, 0.1) is 18.1 Å². The van der Waals surface area contributed by atoms with Crippen LogP contribution in [0.3, 0.4) is 0 Å². The van der Waals surface area contributed by atoms with Crippen molar-refractivity contribution in [1.29, 1.82) is 0 Å². The van der Waals surface area contributed by atoms with Gasteiger partial charge in [-0.25, -0.2) is 0 Å². The molecule has 0 aromatic carbocycles. The summed E-state index contributed by atoms with van der Waals surface area (Å²) in [5, 5.41) is 18.5. The molecule has 0 unspecified atom stereocenters. The van der Waals surface area contributed by atoms with Crippen LogP contribution < -0.4 is 4.72 Å². The Morgan fingerprint density at radius 2 is 1.76 bits per heavy atom. The van der Waals surface area contributed by atoms with Crippen LogP contribution in [0.15, 0.2) is 0 Å². The molecule has 2 aliphatic rings. The van der Waals surface area contributed by atoms with Crippen LogP contribution in [0.1, 0.15) is 44.9 Å². The van der Waals surface area contributed by atoms with Crippen molar-refractivity contribution in [1.82, 2.24) is 9.03 Å². The van der Waals surface area contributed by atoms with E-state index in [0.717, 1.165) is 19.3 Å². The van der Waals surface area contributed by atoms with Gasteiger partial charge in [-0.15, -0.1) is 0 Å². The molecule has 3 N–H and O–H groups in total. The third-order valence-corrected chi connectivity index (χ3v) is 6.34. The summed E-state index contributed by atoms with van der Waals surface area (Å²) in [6.45, 7) is 0.236. The summed E-state index contributed by atoms with van der Waals surface area (Å²) in [6.07, 6.45) is 4.84. The van der Waals surface area contributed by atoms with Gasteiger partial charge in [0, 0.05) is 13.1 Å². The maximum absolute atomic E-state index is 12.5. The molecule has 122 valence electrons. The zero-order valence-corrected chi connectivity index (χ0v) is 12.9. The van der Waals surface area contributed by atoms with Crippen LogP contribution in [0.5, 0.6) is 0 Å². The number of carbonyl (C=O) groups is 1. The average molecular weight is 320 g/mol. The fraction of sp³-hybridized carbons (Fsp3) is 0.923. The highest BCUT2D eigenvalue weighted by atomic mass is 32.2. The van der Waals surface area contributed by atoms with Crippen LogP contribution in [0.4, 0.5) is 0 Å². The normalized spacial score (nSPS) is 24.8. The number of piperidine rings is 1. The zero-order valence-electron chi connectivity index (χ0n) is 12.1. The lowest BCUT2D eigenvalue weighted by molar-refractivity contribution is -0.142. The molecule has 0 aromatic rings. The Morgan fingerprint density at radius 1 is 1.19 bits per heavy atom. The number of carboxylic acid groups (broad SMARTS) is 1. The van der Waals surface area contributed by atoms with E-state index in [2.05, 4.69) is 4.72 Å². The van der Waals surface area contributed by atoms with Gasteiger partial charge in [0.25, 0.3) is 10.2 Å². The van der Waals surface area contributed by atoms with E-state index in [-0.39, 0.29) is 19.7 Å². The number of hydrogen-bond acceptors (Lipinski definition) is 4. The van der Waals surface area contributed by atoms with E-state index < -0.39 is 27.6 Å². The SMILES string of the molecule is O=C(O)C1CCN(S(=O)(=O)NC2(CO)CCCCC2)CC1. The lowest BCUT2D eigenvalue weighted by Gasteiger charge is -2.39. The lowest BCUT2D eigenvalue weighted by Crippen LogP contribution is -2.57. The minimum Gasteiger partial charge on any atom is -0.481 e. The number of aliphatic hydroxyl groups is 1. The second kappa shape index (κ2) is 6.60. The highest BCUT2D eigenvalue weighted by Crippen LogP contribution is 2.29. The number of hydrogen-bond donors (Lipinski definition) is 3. The topological polar surface area (TPSA) is 107 Å². The Morgan fingerprint density at radius 3 is 2.24 bits per heavy atom. The highest BCUT2D eigenvalue weighted by Gasteiger charge is 2.39. The Hall–Kier alpha value is -0.700. The van der Waals surface area contributed by atoms with Gasteiger partial charge >= 0.3 is 5.97 Å². The number of aliphatic hydroxyl groups excluding tert-OH is 1. The van der Waals surface area contributed by atoms with E-state index >= 15 is 0 Å². The molecule has 1 heterocycles. The van der Waals surface area contributed by atoms with E-state index in [1.165, 1.54) is 4.31 Å². The van der Waals surface area contributed by atoms with Crippen molar-refractivity contribution >= 4 is 16.2 Å². The van der Waals surface area contributed by atoms with Crippen LogP contribution >= 0.6 is 0 Å². The summed E-state index contributed by atoms with van der Waals surface area (Å²) in [5.41, 5.74) is -0.749. The second-order valence-corrected chi connectivity index (χ2v) is 7.79. The fourth-order valence-corrected chi connectivity index (χ4v) is 4.84. The Bertz CT molecular complexity index is 465. The second-order valence-electron chi connectivity index (χ2n) is 6.12. The third-order valence-electron chi connectivity index (χ3n) is 4.60. The Kier molecular flexibility index (Phi) is 5.24. The maximum Gasteiger partial charge on any atom is 0.306 e. The van der Waals surface area contributed by atoms with Gasteiger partial charge in [0.2, 0.25) is 0 Å². The summed E-state index contributed by atoms with van der Waals surface area (Å²) in [4.78, 5) is 10.9. The van der Waals surface area contributed by atoms with Gasteiger partial charge in [0.1, 0.15) is 0 Å². The molecule has 1 aliphatic carbocycles. The minimum atomic E-state index is -3.67. The Balaban J connectivity index is 2.00. The smallest absolute Gasteiger partial charge is 0.306 e. The first-order chi connectivity index (χ1) is 9.88. The molecule has 1 saturated carbocycles. The first-order valence-electron chi connectivity index (χ1n) is 7.51. The molecular weight excluding hydrogens is 296 g/mol. The van der Waals surface area contributed by atoms with Crippen molar-refractivity contribution < 1.29 is 23.4 Å². The van der Waals surface area contributed by atoms with Gasteiger partial charge in [-0.3, -0.25) is 4.79 Å². The molecule has 0 radical (unpaired) electrons. The minimum absolute atomic E-state index is 0.197. The number of carboxylic acids is 1. The van der Waals surface area contributed by atoms with Crippen molar-refractivity contribution in [2.45, 2.75) is 50.5 Å². The largest absolute Gasteiger partial charge is 0.481 e. The van der Waals surface area contributed by atoms with E-state index in [4.69, 9.17) is 5.11 Å². The monoisotopic (exact) mass is 320 g/mol. The molecule has 0 spiro atoms. The van der Waals surface area contributed by atoms with Crippen molar-refractivity contribution in [3.8, 4) is 0 Å². The zero-order chi connectivity index (χ0) is 15.5. The molecule has 0 amide bonds. The van der Waals surface area contributed by atoms with E-state index in [0.29, 0.717) is 25.7 Å². The van der Waals surface area contributed by atoms with Gasteiger partial charge in [-0.2, -0.15) is 17.4 Å². The molecule has 1 saturated heterocycles. The summed E-state index contributed by atoms with van der Waals surface area (Å²) in [6, 6.07) is 0. The molecule has 21 heavy (non-hydrogen) atoms. The predicted molar refractivity (Wildman–Crippen MR) is 76.9 cm³/mol. The van der Waals surface area contributed by atoms with Crippen LogP contribution in [0, 0.1) is 5.92 Å². The first-order valence-corrected chi connectivity index (χ1v) is 8.95. The van der Waals surface area contributed by atoms with Gasteiger partial charge < -0.3 is 10.2 Å². The van der Waals surface area contributed by atoms with Crippen molar-refractivity contribution in [3.05, 3.63) is 0 Å². The number of rotatable bonds is 5. The maximum atomic E-state index is 12.5. The molecule has 1 aliphatic heterocycles. The fourth-order valence-electron chi connectivity index (χ4n) is 3.20. The quantitative estimate of drug-likeness (QED) is 0.676. The van der Waals surface area contributed by atoms with Crippen molar-refractivity contribution in [2.75, 3.05) is 19.7 Å². The molecule has 2 fully saturated rings. The standard InChI is InChI=1S/C13H24N2O5S/c16-10-13(6-2-1-3-7-13)14-21(19,20)15-8-4-11(5-9-15)12(17)18/h11,14,16H,1-10H2,(H,17,18). The molecular formula is C13H24N2O5S. The van der Waals surface area contributed by atoms with E-state index in [9.17, 15) is 18.3 Å². The van der Waals surface area contributed by atoms with Crippen molar-refractivity contribution in [3.63, 3.8) is 0 Å². The summed E-state index contributed by atoms with van der Waals surface area (Å²) in [5.74, 6) is -1.32. The Labute approximate surface area is 125 Å².